The van der Waals surface area contributed by atoms with Gasteiger partial charge in [0, 0.05) is 16.3 Å². The number of H-pyrrole nitrogens is 1. The van der Waals surface area contributed by atoms with Crippen molar-refractivity contribution in [1.29, 1.82) is 0 Å². The molecule has 4 nitrogen and oxygen atoms in total. The highest BCUT2D eigenvalue weighted by molar-refractivity contribution is 6.08. The predicted molar refractivity (Wildman–Crippen MR) is 97.1 cm³/mol. The number of carboxylic acids is 1. The standard InChI is InChI=1S/C12H8N2O2.C8H8/c15-12(16)10-5-8-7-3-1-2-4-9(7)14-11(8)6-13-10;1-2-8-6-4-3-5-7-8/h1-6,14H,(H,15,16);2-7H,1H2. The summed E-state index contributed by atoms with van der Waals surface area (Å²) in [5.41, 5.74) is 3.08. The summed E-state index contributed by atoms with van der Waals surface area (Å²) in [4.78, 5) is 17.9. The van der Waals surface area contributed by atoms with Crippen molar-refractivity contribution >= 4 is 33.9 Å². The van der Waals surface area contributed by atoms with Gasteiger partial charge in [-0.2, -0.15) is 0 Å². The second-order valence-electron chi connectivity index (χ2n) is 5.21. The highest BCUT2D eigenvalue weighted by Gasteiger charge is 2.09. The molecule has 24 heavy (non-hydrogen) atoms. The Bertz CT molecular complexity index is 1000. The minimum absolute atomic E-state index is 0.0669. The van der Waals surface area contributed by atoms with Gasteiger partial charge in [-0.05, 0) is 17.7 Å². The van der Waals surface area contributed by atoms with Crippen LogP contribution in [-0.4, -0.2) is 21.0 Å². The molecule has 0 spiro atoms. The Labute approximate surface area is 139 Å². The number of hydrogen-bond acceptors (Lipinski definition) is 2. The molecule has 0 amide bonds. The van der Waals surface area contributed by atoms with E-state index in [2.05, 4.69) is 16.5 Å². The molecule has 2 aromatic carbocycles. The van der Waals surface area contributed by atoms with Crippen LogP contribution in [0.3, 0.4) is 0 Å². The van der Waals surface area contributed by atoms with E-state index in [0.29, 0.717) is 0 Å². The lowest BCUT2D eigenvalue weighted by Crippen LogP contribution is -1.98. The molecule has 0 radical (unpaired) electrons. The summed E-state index contributed by atoms with van der Waals surface area (Å²) in [6, 6.07) is 19.4. The molecule has 4 aromatic rings. The molecule has 0 aliphatic heterocycles. The fraction of sp³-hybridized carbons (Fsp3) is 0. The van der Waals surface area contributed by atoms with Gasteiger partial charge < -0.3 is 10.1 Å². The lowest BCUT2D eigenvalue weighted by atomic mass is 10.1. The van der Waals surface area contributed by atoms with E-state index < -0.39 is 5.97 Å². The molecule has 0 fully saturated rings. The van der Waals surface area contributed by atoms with E-state index in [1.54, 1.807) is 12.3 Å². The third-order valence-corrected chi connectivity index (χ3v) is 3.64. The number of nitrogens with zero attached hydrogens (tertiary/aromatic N) is 1. The molecule has 2 N–H and O–H groups in total. The van der Waals surface area contributed by atoms with E-state index in [9.17, 15) is 4.79 Å². The number of carbonyl (C=O) groups is 1. The number of pyridine rings is 1. The predicted octanol–water partition coefficient (Wildman–Crippen LogP) is 4.74. The second-order valence-corrected chi connectivity index (χ2v) is 5.21. The summed E-state index contributed by atoms with van der Waals surface area (Å²) in [5, 5.41) is 10.8. The van der Waals surface area contributed by atoms with Crippen molar-refractivity contribution < 1.29 is 9.90 Å². The molecule has 4 heteroatoms. The zero-order valence-electron chi connectivity index (χ0n) is 12.9. The van der Waals surface area contributed by atoms with Crippen LogP contribution in [0, 0.1) is 0 Å². The number of aromatic amines is 1. The molecular formula is C20H16N2O2. The molecule has 0 atom stereocenters. The largest absolute Gasteiger partial charge is 0.477 e. The maximum Gasteiger partial charge on any atom is 0.354 e. The Morgan fingerprint density at radius 3 is 2.38 bits per heavy atom. The van der Waals surface area contributed by atoms with Gasteiger partial charge in [0.25, 0.3) is 0 Å². The van der Waals surface area contributed by atoms with Crippen LogP contribution in [0.5, 0.6) is 0 Å². The van der Waals surface area contributed by atoms with Gasteiger partial charge in [-0.25, -0.2) is 9.78 Å². The van der Waals surface area contributed by atoms with E-state index in [1.807, 2.05) is 60.7 Å². The third kappa shape index (κ3) is 3.17. The number of carboxylic acid groups (broad SMARTS) is 1. The quantitative estimate of drug-likeness (QED) is 0.561. The van der Waals surface area contributed by atoms with Gasteiger partial charge in [-0.1, -0.05) is 61.2 Å². The fourth-order valence-corrected chi connectivity index (χ4v) is 2.46. The Kier molecular flexibility index (Phi) is 4.38. The van der Waals surface area contributed by atoms with Crippen molar-refractivity contribution in [2.45, 2.75) is 0 Å². The fourth-order valence-electron chi connectivity index (χ4n) is 2.46. The molecule has 0 aliphatic rings. The van der Waals surface area contributed by atoms with Gasteiger partial charge in [0.15, 0.2) is 0 Å². The number of nitrogens with one attached hydrogen (secondary N) is 1. The Balaban J connectivity index is 0.000000179. The monoisotopic (exact) mass is 316 g/mol. The first kappa shape index (κ1) is 15.5. The molecule has 0 saturated carbocycles. The lowest BCUT2D eigenvalue weighted by Gasteiger charge is -1.93. The van der Waals surface area contributed by atoms with Gasteiger partial charge in [-0.3, -0.25) is 0 Å². The molecule has 4 rings (SSSR count). The molecule has 0 bridgehead atoms. The SMILES string of the molecule is C=Cc1ccccc1.O=C(O)c1cc2c(cn1)[nH]c1ccccc12. The Morgan fingerprint density at radius 2 is 1.71 bits per heavy atom. The van der Waals surface area contributed by atoms with Crippen LogP contribution in [0.15, 0.2) is 73.4 Å². The first-order chi connectivity index (χ1) is 11.7. The van der Waals surface area contributed by atoms with Crippen molar-refractivity contribution in [2.24, 2.45) is 0 Å². The summed E-state index contributed by atoms with van der Waals surface area (Å²) in [6.07, 6.45) is 3.39. The number of benzene rings is 2. The van der Waals surface area contributed by atoms with Crippen LogP contribution >= 0.6 is 0 Å². The average molecular weight is 316 g/mol. The van der Waals surface area contributed by atoms with Crippen LogP contribution in [-0.2, 0) is 0 Å². The molecule has 2 aromatic heterocycles. The summed E-state index contributed by atoms with van der Waals surface area (Å²) in [5.74, 6) is -1.01. The molecular weight excluding hydrogens is 300 g/mol. The molecule has 0 unspecified atom stereocenters. The van der Waals surface area contributed by atoms with Gasteiger partial charge in [0.2, 0.25) is 0 Å². The van der Waals surface area contributed by atoms with Gasteiger partial charge in [0.05, 0.1) is 11.7 Å². The van der Waals surface area contributed by atoms with Crippen LogP contribution in [0.4, 0.5) is 0 Å². The minimum atomic E-state index is -1.01. The number of aromatic nitrogens is 2. The Morgan fingerprint density at radius 1 is 1.00 bits per heavy atom. The maximum atomic E-state index is 10.8. The Hall–Kier alpha value is -3.40. The molecule has 0 saturated heterocycles. The number of rotatable bonds is 2. The molecule has 0 aliphatic carbocycles. The van der Waals surface area contributed by atoms with E-state index in [0.717, 1.165) is 21.8 Å². The topological polar surface area (TPSA) is 66.0 Å². The summed E-state index contributed by atoms with van der Waals surface area (Å²) in [7, 11) is 0. The van der Waals surface area contributed by atoms with Crippen LogP contribution in [0.1, 0.15) is 16.1 Å². The van der Waals surface area contributed by atoms with Crippen molar-refractivity contribution in [3.05, 3.63) is 84.7 Å². The van der Waals surface area contributed by atoms with Crippen LogP contribution < -0.4 is 0 Å². The number of hydrogen-bond donors (Lipinski definition) is 2. The lowest BCUT2D eigenvalue weighted by molar-refractivity contribution is 0.0690. The maximum absolute atomic E-state index is 10.8. The highest BCUT2D eigenvalue weighted by atomic mass is 16.4. The number of fused-ring (bicyclic) bond motifs is 3. The van der Waals surface area contributed by atoms with Gasteiger partial charge >= 0.3 is 5.97 Å². The third-order valence-electron chi connectivity index (χ3n) is 3.64. The van der Waals surface area contributed by atoms with E-state index in [4.69, 9.17) is 5.11 Å². The normalized spacial score (nSPS) is 10.2. The van der Waals surface area contributed by atoms with Crippen molar-refractivity contribution in [3.8, 4) is 0 Å². The highest BCUT2D eigenvalue weighted by Crippen LogP contribution is 2.24. The summed E-state index contributed by atoms with van der Waals surface area (Å²) < 4.78 is 0. The number of aromatic carboxylic acids is 1. The van der Waals surface area contributed by atoms with Crippen molar-refractivity contribution in [1.82, 2.24) is 9.97 Å². The minimum Gasteiger partial charge on any atom is -0.477 e. The first-order valence-electron chi connectivity index (χ1n) is 7.46. The number of para-hydroxylation sites is 1. The smallest absolute Gasteiger partial charge is 0.354 e. The van der Waals surface area contributed by atoms with Crippen molar-refractivity contribution in [2.75, 3.05) is 0 Å². The zero-order chi connectivity index (χ0) is 16.9. The summed E-state index contributed by atoms with van der Waals surface area (Å²) in [6.45, 7) is 3.63. The van der Waals surface area contributed by atoms with E-state index in [-0.39, 0.29) is 5.69 Å². The zero-order valence-corrected chi connectivity index (χ0v) is 12.9. The first-order valence-corrected chi connectivity index (χ1v) is 7.46. The molecule has 118 valence electrons. The van der Waals surface area contributed by atoms with Crippen LogP contribution in [0.25, 0.3) is 27.9 Å². The molecule has 2 heterocycles. The average Bonchev–Trinajstić information content (AvgIpc) is 3.00. The van der Waals surface area contributed by atoms with Crippen molar-refractivity contribution in [3.63, 3.8) is 0 Å². The second kappa shape index (κ2) is 6.79. The van der Waals surface area contributed by atoms with Crippen LogP contribution in [0.2, 0.25) is 0 Å². The van der Waals surface area contributed by atoms with E-state index in [1.165, 1.54) is 5.56 Å². The van der Waals surface area contributed by atoms with Gasteiger partial charge in [0.1, 0.15) is 5.69 Å². The van der Waals surface area contributed by atoms with Gasteiger partial charge in [-0.15, -0.1) is 0 Å². The summed E-state index contributed by atoms with van der Waals surface area (Å²) >= 11 is 0. The van der Waals surface area contributed by atoms with E-state index >= 15 is 0 Å².